The molecule has 0 aliphatic heterocycles. The Hall–Kier alpha value is -1.80. The highest BCUT2D eigenvalue weighted by Gasteiger charge is 2.40. The molecule has 19 heavy (non-hydrogen) atoms. The Balaban J connectivity index is 3.44. The number of carbonyl (C=O) groups excluding carboxylic acids is 1. The van der Waals surface area contributed by atoms with Gasteiger partial charge >= 0.3 is 12.1 Å². The number of rotatable bonds is 3. The SMILES string of the molecule is CCOC(=O)c1cnc(C(F)(F)F)c(C(F)F)c1F. The summed E-state index contributed by atoms with van der Waals surface area (Å²) in [5.74, 6) is -3.33. The molecule has 0 bridgehead atoms. The summed E-state index contributed by atoms with van der Waals surface area (Å²) in [6, 6.07) is 0. The molecule has 0 radical (unpaired) electrons. The fourth-order valence-corrected chi connectivity index (χ4v) is 1.28. The second-order valence-corrected chi connectivity index (χ2v) is 3.27. The predicted octanol–water partition coefficient (Wildman–Crippen LogP) is 3.35. The van der Waals surface area contributed by atoms with Crippen molar-refractivity contribution in [1.82, 2.24) is 4.98 Å². The summed E-state index contributed by atoms with van der Waals surface area (Å²) in [7, 11) is 0. The van der Waals surface area contributed by atoms with Crippen LogP contribution in [0.25, 0.3) is 0 Å². The number of ether oxygens (including phenoxy) is 1. The molecule has 0 aliphatic carbocycles. The van der Waals surface area contributed by atoms with Crippen LogP contribution in [0, 0.1) is 5.82 Å². The van der Waals surface area contributed by atoms with Gasteiger partial charge in [0.05, 0.1) is 12.2 Å². The monoisotopic (exact) mass is 287 g/mol. The van der Waals surface area contributed by atoms with E-state index in [1.54, 1.807) is 0 Å². The number of pyridine rings is 1. The minimum atomic E-state index is -5.25. The number of carbonyl (C=O) groups is 1. The van der Waals surface area contributed by atoms with Crippen molar-refractivity contribution in [2.24, 2.45) is 0 Å². The average molecular weight is 287 g/mol. The largest absolute Gasteiger partial charge is 0.462 e. The van der Waals surface area contributed by atoms with E-state index in [2.05, 4.69) is 9.72 Å². The van der Waals surface area contributed by atoms with E-state index in [4.69, 9.17) is 0 Å². The number of esters is 1. The lowest BCUT2D eigenvalue weighted by molar-refractivity contribution is -0.143. The molecule has 0 spiro atoms. The lowest BCUT2D eigenvalue weighted by atomic mass is 10.1. The van der Waals surface area contributed by atoms with Crippen molar-refractivity contribution >= 4 is 5.97 Å². The Morgan fingerprint density at radius 1 is 1.42 bits per heavy atom. The lowest BCUT2D eigenvalue weighted by Gasteiger charge is -2.13. The number of hydrogen-bond acceptors (Lipinski definition) is 3. The van der Waals surface area contributed by atoms with Crippen LogP contribution >= 0.6 is 0 Å². The summed E-state index contributed by atoms with van der Waals surface area (Å²) in [6.07, 6.45) is -8.79. The summed E-state index contributed by atoms with van der Waals surface area (Å²) >= 11 is 0. The lowest BCUT2D eigenvalue weighted by Crippen LogP contribution is -2.18. The normalized spacial score (nSPS) is 11.8. The molecule has 0 fully saturated rings. The van der Waals surface area contributed by atoms with Crippen LogP contribution in [0.15, 0.2) is 6.20 Å². The van der Waals surface area contributed by atoms with Crippen molar-refractivity contribution in [3.63, 3.8) is 0 Å². The van der Waals surface area contributed by atoms with E-state index in [1.165, 1.54) is 6.92 Å². The highest BCUT2D eigenvalue weighted by molar-refractivity contribution is 5.89. The minimum Gasteiger partial charge on any atom is -0.462 e. The van der Waals surface area contributed by atoms with Crippen LogP contribution in [-0.4, -0.2) is 17.6 Å². The van der Waals surface area contributed by atoms with Crippen molar-refractivity contribution in [3.05, 3.63) is 28.8 Å². The van der Waals surface area contributed by atoms with Crippen LogP contribution in [0.1, 0.15) is 35.0 Å². The van der Waals surface area contributed by atoms with Crippen LogP contribution in [0.3, 0.4) is 0 Å². The molecule has 1 aromatic rings. The van der Waals surface area contributed by atoms with Crippen LogP contribution in [0.5, 0.6) is 0 Å². The van der Waals surface area contributed by atoms with Crippen LogP contribution in [-0.2, 0) is 10.9 Å². The van der Waals surface area contributed by atoms with E-state index in [1.807, 2.05) is 0 Å². The average Bonchev–Trinajstić information content (AvgIpc) is 2.26. The summed E-state index contributed by atoms with van der Waals surface area (Å²) in [5.41, 5.74) is -5.09. The number of alkyl halides is 5. The Bertz CT molecular complexity index is 486. The predicted molar refractivity (Wildman–Crippen MR) is 50.1 cm³/mol. The Labute approximate surface area is 103 Å². The van der Waals surface area contributed by atoms with Gasteiger partial charge < -0.3 is 4.74 Å². The van der Waals surface area contributed by atoms with Gasteiger partial charge in [-0.05, 0) is 6.92 Å². The van der Waals surface area contributed by atoms with Gasteiger partial charge in [0, 0.05) is 6.20 Å². The third-order valence-electron chi connectivity index (χ3n) is 2.03. The topological polar surface area (TPSA) is 39.2 Å². The fourth-order valence-electron chi connectivity index (χ4n) is 1.28. The second kappa shape index (κ2) is 5.45. The molecule has 0 aliphatic rings. The van der Waals surface area contributed by atoms with E-state index < -0.39 is 41.2 Å². The summed E-state index contributed by atoms with van der Waals surface area (Å²) in [4.78, 5) is 13.9. The zero-order valence-electron chi connectivity index (χ0n) is 9.39. The first-order chi connectivity index (χ1) is 8.70. The first-order valence-corrected chi connectivity index (χ1v) is 4.91. The molecular weight excluding hydrogens is 280 g/mol. The molecule has 0 N–H and O–H groups in total. The van der Waals surface area contributed by atoms with E-state index in [9.17, 15) is 31.1 Å². The minimum absolute atomic E-state index is 0.191. The van der Waals surface area contributed by atoms with Gasteiger partial charge in [0.2, 0.25) is 0 Å². The molecule has 0 aromatic carbocycles. The molecule has 1 heterocycles. The van der Waals surface area contributed by atoms with Crippen LogP contribution in [0.4, 0.5) is 26.3 Å². The molecular formula is C10H7F6NO2. The van der Waals surface area contributed by atoms with Crippen LogP contribution < -0.4 is 0 Å². The van der Waals surface area contributed by atoms with Crippen molar-refractivity contribution < 1.29 is 35.9 Å². The standard InChI is InChI=1S/C10H7F6NO2/c1-2-19-9(18)4-3-17-7(10(14,15)16)5(6(4)11)8(12)13/h3,8H,2H2,1H3. The van der Waals surface area contributed by atoms with Crippen molar-refractivity contribution in [1.29, 1.82) is 0 Å². The molecule has 0 saturated carbocycles. The fraction of sp³-hybridized carbons (Fsp3) is 0.400. The van der Waals surface area contributed by atoms with Gasteiger partial charge in [0.15, 0.2) is 5.69 Å². The van der Waals surface area contributed by atoms with Gasteiger partial charge in [0.25, 0.3) is 6.43 Å². The molecule has 1 rings (SSSR count). The third kappa shape index (κ3) is 3.15. The summed E-state index contributed by atoms with van der Waals surface area (Å²) < 4.78 is 80.1. The molecule has 0 atom stereocenters. The molecule has 1 aromatic heterocycles. The van der Waals surface area contributed by atoms with Crippen molar-refractivity contribution in [2.45, 2.75) is 19.5 Å². The maximum Gasteiger partial charge on any atom is 0.433 e. The highest BCUT2D eigenvalue weighted by Crippen LogP contribution is 2.37. The Morgan fingerprint density at radius 2 is 2.00 bits per heavy atom. The third-order valence-corrected chi connectivity index (χ3v) is 2.03. The quantitative estimate of drug-likeness (QED) is 0.632. The maximum atomic E-state index is 13.6. The number of hydrogen-bond donors (Lipinski definition) is 0. The summed E-state index contributed by atoms with van der Waals surface area (Å²) in [6.45, 7) is 1.17. The second-order valence-electron chi connectivity index (χ2n) is 3.27. The highest BCUT2D eigenvalue weighted by atomic mass is 19.4. The summed E-state index contributed by atoms with van der Waals surface area (Å²) in [5, 5.41) is 0. The van der Waals surface area contributed by atoms with Gasteiger partial charge in [-0.3, -0.25) is 4.98 Å². The zero-order chi connectivity index (χ0) is 14.8. The molecule has 9 heteroatoms. The molecule has 0 unspecified atom stereocenters. The Kier molecular flexibility index (Phi) is 4.38. The molecule has 0 amide bonds. The van der Waals surface area contributed by atoms with E-state index in [-0.39, 0.29) is 12.8 Å². The van der Waals surface area contributed by atoms with E-state index in [0.29, 0.717) is 0 Å². The molecule has 106 valence electrons. The molecule has 3 nitrogen and oxygen atoms in total. The van der Waals surface area contributed by atoms with Gasteiger partial charge in [-0.15, -0.1) is 0 Å². The Morgan fingerprint density at radius 3 is 2.42 bits per heavy atom. The van der Waals surface area contributed by atoms with E-state index >= 15 is 0 Å². The van der Waals surface area contributed by atoms with Crippen molar-refractivity contribution in [2.75, 3.05) is 6.61 Å². The first-order valence-electron chi connectivity index (χ1n) is 4.91. The number of nitrogens with zero attached hydrogens (tertiary/aromatic N) is 1. The maximum absolute atomic E-state index is 13.6. The first kappa shape index (κ1) is 15.3. The van der Waals surface area contributed by atoms with E-state index in [0.717, 1.165) is 0 Å². The number of halogens is 6. The van der Waals surface area contributed by atoms with Crippen molar-refractivity contribution in [3.8, 4) is 0 Å². The van der Waals surface area contributed by atoms with Gasteiger partial charge in [0.1, 0.15) is 11.4 Å². The van der Waals surface area contributed by atoms with Gasteiger partial charge in [-0.1, -0.05) is 0 Å². The molecule has 0 saturated heterocycles. The van der Waals surface area contributed by atoms with Gasteiger partial charge in [-0.2, -0.15) is 13.2 Å². The van der Waals surface area contributed by atoms with Gasteiger partial charge in [-0.25, -0.2) is 18.0 Å². The van der Waals surface area contributed by atoms with Crippen LogP contribution in [0.2, 0.25) is 0 Å². The smallest absolute Gasteiger partial charge is 0.433 e. The number of aromatic nitrogens is 1. The zero-order valence-corrected chi connectivity index (χ0v) is 9.39.